The summed E-state index contributed by atoms with van der Waals surface area (Å²) >= 11 is 0. The molecule has 0 fully saturated rings. The first-order valence-corrected chi connectivity index (χ1v) is 4.92. The minimum absolute atomic E-state index is 0.134. The van der Waals surface area contributed by atoms with E-state index in [1.54, 1.807) is 6.07 Å². The topological polar surface area (TPSA) is 81.8 Å². The van der Waals surface area contributed by atoms with E-state index in [0.717, 1.165) is 11.1 Å². The zero-order valence-electron chi connectivity index (χ0n) is 8.90. The first-order chi connectivity index (χ1) is 7.59. The van der Waals surface area contributed by atoms with E-state index in [0.29, 0.717) is 17.9 Å². The maximum absolute atomic E-state index is 10.9. The molecule has 3 N–H and O–H groups in total. The number of hydrogen-bond donors (Lipinski definition) is 2. The standard InChI is InChI=1S/C11H13NO4/c1-6-2-7-4-15-5-16-10(7)8(3-6)9(12)11(13)14/h2-3,9H,4-5,12H2,1H3,(H,13,14). The Morgan fingerprint density at radius 1 is 1.56 bits per heavy atom. The van der Waals surface area contributed by atoms with Crippen molar-refractivity contribution < 1.29 is 19.4 Å². The Balaban J connectivity index is 2.51. The molecule has 0 aliphatic carbocycles. The normalized spacial score (nSPS) is 16.1. The van der Waals surface area contributed by atoms with Gasteiger partial charge in [0.1, 0.15) is 11.8 Å². The molecule has 1 aromatic carbocycles. The third kappa shape index (κ3) is 1.87. The molecule has 0 saturated carbocycles. The molecular formula is C11H13NO4. The molecule has 16 heavy (non-hydrogen) atoms. The number of carboxylic acid groups (broad SMARTS) is 1. The highest BCUT2D eigenvalue weighted by atomic mass is 16.7. The Bertz CT molecular complexity index is 430. The van der Waals surface area contributed by atoms with E-state index in [1.807, 2.05) is 13.0 Å². The van der Waals surface area contributed by atoms with E-state index < -0.39 is 12.0 Å². The Hall–Kier alpha value is -1.59. The number of rotatable bonds is 2. The summed E-state index contributed by atoms with van der Waals surface area (Å²) in [5, 5.41) is 8.92. The smallest absolute Gasteiger partial charge is 0.325 e. The second-order valence-electron chi connectivity index (χ2n) is 3.77. The first kappa shape index (κ1) is 10.9. The van der Waals surface area contributed by atoms with E-state index in [-0.39, 0.29) is 6.79 Å². The second kappa shape index (κ2) is 4.11. The van der Waals surface area contributed by atoms with Gasteiger partial charge in [0.15, 0.2) is 6.79 Å². The van der Waals surface area contributed by atoms with Gasteiger partial charge in [0, 0.05) is 11.1 Å². The van der Waals surface area contributed by atoms with Gasteiger partial charge in [-0.25, -0.2) is 0 Å². The van der Waals surface area contributed by atoms with Crippen LogP contribution < -0.4 is 10.5 Å². The highest BCUT2D eigenvalue weighted by molar-refractivity contribution is 5.77. The van der Waals surface area contributed by atoms with Crippen molar-refractivity contribution in [2.75, 3.05) is 6.79 Å². The number of carboxylic acids is 1. The fourth-order valence-corrected chi connectivity index (χ4v) is 1.78. The molecule has 1 atom stereocenters. The lowest BCUT2D eigenvalue weighted by Crippen LogP contribution is -2.24. The molecule has 1 unspecified atom stereocenters. The molecule has 0 aromatic heterocycles. The fraction of sp³-hybridized carbons (Fsp3) is 0.364. The van der Waals surface area contributed by atoms with Crippen molar-refractivity contribution in [1.29, 1.82) is 0 Å². The number of aliphatic carboxylic acids is 1. The Kier molecular flexibility index (Phi) is 2.80. The van der Waals surface area contributed by atoms with Crippen LogP contribution in [-0.2, 0) is 16.1 Å². The number of nitrogens with two attached hydrogens (primary N) is 1. The Morgan fingerprint density at radius 2 is 2.31 bits per heavy atom. The molecule has 1 aliphatic rings. The highest BCUT2D eigenvalue weighted by Gasteiger charge is 2.23. The van der Waals surface area contributed by atoms with Crippen molar-refractivity contribution in [3.8, 4) is 5.75 Å². The van der Waals surface area contributed by atoms with Gasteiger partial charge >= 0.3 is 5.97 Å². The second-order valence-corrected chi connectivity index (χ2v) is 3.77. The van der Waals surface area contributed by atoms with Gasteiger partial charge in [0.2, 0.25) is 0 Å². The molecule has 0 amide bonds. The van der Waals surface area contributed by atoms with E-state index in [4.69, 9.17) is 20.3 Å². The molecule has 86 valence electrons. The molecule has 0 spiro atoms. The third-order valence-electron chi connectivity index (χ3n) is 2.48. The van der Waals surface area contributed by atoms with Crippen LogP contribution in [0.5, 0.6) is 5.75 Å². The third-order valence-corrected chi connectivity index (χ3v) is 2.48. The molecule has 1 aromatic rings. The molecule has 5 heteroatoms. The molecular weight excluding hydrogens is 210 g/mol. The quantitative estimate of drug-likeness (QED) is 0.779. The average Bonchev–Trinajstić information content (AvgIpc) is 2.26. The maximum atomic E-state index is 10.9. The van der Waals surface area contributed by atoms with Gasteiger partial charge in [0.25, 0.3) is 0 Å². The van der Waals surface area contributed by atoms with Gasteiger partial charge in [-0.15, -0.1) is 0 Å². The summed E-state index contributed by atoms with van der Waals surface area (Å²) < 4.78 is 10.5. The van der Waals surface area contributed by atoms with Crippen LogP contribution in [0, 0.1) is 6.92 Å². The van der Waals surface area contributed by atoms with Crippen molar-refractivity contribution in [3.63, 3.8) is 0 Å². The van der Waals surface area contributed by atoms with Crippen molar-refractivity contribution >= 4 is 5.97 Å². The number of carbonyl (C=O) groups is 1. The van der Waals surface area contributed by atoms with Crippen LogP contribution in [0.15, 0.2) is 12.1 Å². The highest BCUT2D eigenvalue weighted by Crippen LogP contribution is 2.32. The van der Waals surface area contributed by atoms with Crippen LogP contribution in [-0.4, -0.2) is 17.9 Å². The van der Waals surface area contributed by atoms with Crippen LogP contribution in [0.1, 0.15) is 22.7 Å². The minimum Gasteiger partial charge on any atom is -0.480 e. The molecule has 0 bridgehead atoms. The van der Waals surface area contributed by atoms with Crippen molar-refractivity contribution in [2.24, 2.45) is 5.73 Å². The van der Waals surface area contributed by atoms with Crippen LogP contribution in [0.4, 0.5) is 0 Å². The summed E-state index contributed by atoms with van der Waals surface area (Å²) in [4.78, 5) is 10.9. The predicted molar refractivity (Wildman–Crippen MR) is 56.0 cm³/mol. The SMILES string of the molecule is Cc1cc2c(c(C(N)C(=O)O)c1)OCOC2. The first-order valence-electron chi connectivity index (χ1n) is 4.92. The van der Waals surface area contributed by atoms with Gasteiger partial charge in [-0.05, 0) is 6.92 Å². The number of fused-ring (bicyclic) bond motifs is 1. The van der Waals surface area contributed by atoms with Crippen LogP contribution in [0.3, 0.4) is 0 Å². The zero-order chi connectivity index (χ0) is 11.7. The monoisotopic (exact) mass is 223 g/mol. The maximum Gasteiger partial charge on any atom is 0.325 e. The number of ether oxygens (including phenoxy) is 2. The van der Waals surface area contributed by atoms with E-state index in [9.17, 15) is 4.79 Å². The van der Waals surface area contributed by atoms with Crippen molar-refractivity contribution in [2.45, 2.75) is 19.6 Å². The van der Waals surface area contributed by atoms with Crippen molar-refractivity contribution in [1.82, 2.24) is 0 Å². The largest absolute Gasteiger partial charge is 0.480 e. The lowest BCUT2D eigenvalue weighted by molar-refractivity contribution is -0.138. The Labute approximate surface area is 92.8 Å². The fourth-order valence-electron chi connectivity index (χ4n) is 1.78. The summed E-state index contributed by atoms with van der Waals surface area (Å²) in [6.45, 7) is 2.44. The van der Waals surface area contributed by atoms with Gasteiger partial charge in [0.05, 0.1) is 6.61 Å². The van der Waals surface area contributed by atoms with Gasteiger partial charge in [-0.1, -0.05) is 17.7 Å². The lowest BCUT2D eigenvalue weighted by atomic mass is 9.99. The zero-order valence-corrected chi connectivity index (χ0v) is 8.90. The average molecular weight is 223 g/mol. The van der Waals surface area contributed by atoms with Gasteiger partial charge < -0.3 is 20.3 Å². The number of hydrogen-bond acceptors (Lipinski definition) is 4. The van der Waals surface area contributed by atoms with Crippen LogP contribution in [0.2, 0.25) is 0 Å². The summed E-state index contributed by atoms with van der Waals surface area (Å²) in [5.41, 5.74) is 7.91. The van der Waals surface area contributed by atoms with E-state index in [2.05, 4.69) is 0 Å². The van der Waals surface area contributed by atoms with Gasteiger partial charge in [-0.2, -0.15) is 0 Å². The molecule has 2 rings (SSSR count). The lowest BCUT2D eigenvalue weighted by Gasteiger charge is -2.22. The van der Waals surface area contributed by atoms with E-state index >= 15 is 0 Å². The summed E-state index contributed by atoms with van der Waals surface area (Å²) in [7, 11) is 0. The summed E-state index contributed by atoms with van der Waals surface area (Å²) in [6, 6.07) is 2.59. The van der Waals surface area contributed by atoms with E-state index in [1.165, 1.54) is 0 Å². The molecule has 5 nitrogen and oxygen atoms in total. The number of benzene rings is 1. The molecule has 1 heterocycles. The van der Waals surface area contributed by atoms with Crippen molar-refractivity contribution in [3.05, 3.63) is 28.8 Å². The summed E-state index contributed by atoms with van der Waals surface area (Å²) in [5.74, 6) is -0.519. The van der Waals surface area contributed by atoms with Gasteiger partial charge in [-0.3, -0.25) is 4.79 Å². The molecule has 1 aliphatic heterocycles. The number of aryl methyl sites for hydroxylation is 1. The minimum atomic E-state index is -1.07. The summed E-state index contributed by atoms with van der Waals surface area (Å²) in [6.07, 6.45) is 0. The van der Waals surface area contributed by atoms with Crippen LogP contribution >= 0.6 is 0 Å². The predicted octanol–water partition coefficient (Wildman–Crippen LogP) is 0.946. The van der Waals surface area contributed by atoms with Crippen LogP contribution in [0.25, 0.3) is 0 Å². The molecule has 0 radical (unpaired) electrons. The molecule has 0 saturated heterocycles. The Morgan fingerprint density at radius 3 is 3.00 bits per heavy atom.